The van der Waals surface area contributed by atoms with Crippen molar-refractivity contribution in [2.45, 2.75) is 71.1 Å². The molecule has 168 valence electrons. The largest absolute Gasteiger partial charge is 0.469 e. The number of amides is 2. The fourth-order valence-corrected chi connectivity index (χ4v) is 3.46. The highest BCUT2D eigenvalue weighted by molar-refractivity contribution is 5.85. The van der Waals surface area contributed by atoms with Gasteiger partial charge >= 0.3 is 5.97 Å². The van der Waals surface area contributed by atoms with Crippen molar-refractivity contribution in [2.24, 2.45) is 0 Å². The van der Waals surface area contributed by atoms with Gasteiger partial charge in [0.25, 0.3) is 0 Å². The van der Waals surface area contributed by atoms with Gasteiger partial charge in [0.1, 0.15) is 12.3 Å². The van der Waals surface area contributed by atoms with E-state index in [0.717, 1.165) is 19.3 Å². The molecule has 2 rings (SSSR count). The zero-order chi connectivity index (χ0) is 21.9. The minimum absolute atomic E-state index is 0.000503. The summed E-state index contributed by atoms with van der Waals surface area (Å²) in [4.78, 5) is 40.6. The van der Waals surface area contributed by atoms with Crippen molar-refractivity contribution < 1.29 is 28.3 Å². The molecule has 2 heterocycles. The standard InChI is InChI=1S/C22H34N2O6/c1-4-17(2)24(20(25)10-5-11-22(27)28-3)16-21(26)23(14-18-8-6-12-29-18)15-19-9-7-13-30-19/h6,8,12,17,19H,4-5,7,9-11,13-16H2,1-3H3/t17-,19-/m0/s1. The van der Waals surface area contributed by atoms with E-state index in [9.17, 15) is 14.4 Å². The van der Waals surface area contributed by atoms with E-state index >= 15 is 0 Å². The molecule has 1 saturated heterocycles. The number of hydrogen-bond acceptors (Lipinski definition) is 6. The Labute approximate surface area is 178 Å². The van der Waals surface area contributed by atoms with Crippen LogP contribution in [0.4, 0.5) is 0 Å². The lowest BCUT2D eigenvalue weighted by Gasteiger charge is -2.32. The van der Waals surface area contributed by atoms with Crippen molar-refractivity contribution in [1.82, 2.24) is 9.80 Å². The maximum Gasteiger partial charge on any atom is 0.305 e. The normalized spacial score (nSPS) is 16.8. The van der Waals surface area contributed by atoms with Crippen molar-refractivity contribution in [2.75, 3.05) is 26.8 Å². The summed E-state index contributed by atoms with van der Waals surface area (Å²) < 4.78 is 15.8. The minimum Gasteiger partial charge on any atom is -0.469 e. The van der Waals surface area contributed by atoms with Gasteiger partial charge in [0.05, 0.1) is 26.0 Å². The SMILES string of the molecule is CC[C@H](C)N(CC(=O)N(Cc1ccco1)C[C@@H]1CCCO1)C(=O)CCCC(=O)OC. The third-order valence-electron chi connectivity index (χ3n) is 5.48. The molecule has 8 nitrogen and oxygen atoms in total. The molecule has 2 atom stereocenters. The minimum atomic E-state index is -0.338. The van der Waals surface area contributed by atoms with Crippen molar-refractivity contribution in [3.05, 3.63) is 24.2 Å². The van der Waals surface area contributed by atoms with Gasteiger partial charge in [-0.05, 0) is 44.7 Å². The second-order valence-corrected chi connectivity index (χ2v) is 7.70. The number of hydrogen-bond donors (Lipinski definition) is 0. The number of furan rings is 1. The molecule has 2 amide bonds. The third-order valence-corrected chi connectivity index (χ3v) is 5.48. The van der Waals surface area contributed by atoms with Crippen LogP contribution in [0.25, 0.3) is 0 Å². The highest BCUT2D eigenvalue weighted by Crippen LogP contribution is 2.17. The fourth-order valence-electron chi connectivity index (χ4n) is 3.46. The first kappa shape index (κ1) is 23.9. The fraction of sp³-hybridized carbons (Fsp3) is 0.682. The summed E-state index contributed by atoms with van der Waals surface area (Å²) in [5.41, 5.74) is 0. The predicted octanol–water partition coefficient (Wildman–Crippen LogP) is 2.76. The topological polar surface area (TPSA) is 89.3 Å². The molecule has 0 unspecified atom stereocenters. The molecular formula is C22H34N2O6. The van der Waals surface area contributed by atoms with Crippen LogP contribution in [0.3, 0.4) is 0 Å². The molecule has 1 aromatic heterocycles. The summed E-state index contributed by atoms with van der Waals surface area (Å²) in [7, 11) is 1.33. The van der Waals surface area contributed by atoms with Crippen molar-refractivity contribution in [3.8, 4) is 0 Å². The summed E-state index contributed by atoms with van der Waals surface area (Å²) in [6.45, 7) is 5.45. The number of methoxy groups -OCH3 is 1. The van der Waals surface area contributed by atoms with Gasteiger partial charge in [-0.2, -0.15) is 0 Å². The van der Waals surface area contributed by atoms with E-state index < -0.39 is 0 Å². The number of esters is 1. The number of carbonyl (C=O) groups excluding carboxylic acids is 3. The lowest BCUT2D eigenvalue weighted by Crippen LogP contribution is -2.47. The summed E-state index contributed by atoms with van der Waals surface area (Å²) in [6, 6.07) is 3.55. The summed E-state index contributed by atoms with van der Waals surface area (Å²) >= 11 is 0. The van der Waals surface area contributed by atoms with Gasteiger partial charge in [0.2, 0.25) is 11.8 Å². The Bertz CT molecular complexity index is 669. The van der Waals surface area contributed by atoms with Gasteiger partial charge in [-0.1, -0.05) is 6.92 Å². The van der Waals surface area contributed by atoms with E-state index in [-0.39, 0.29) is 49.3 Å². The molecular weight excluding hydrogens is 388 g/mol. The Hall–Kier alpha value is -2.35. The first-order chi connectivity index (χ1) is 14.4. The molecule has 0 aliphatic carbocycles. The molecule has 8 heteroatoms. The molecule has 1 aromatic rings. The van der Waals surface area contributed by atoms with Crippen LogP contribution in [0.1, 0.15) is 58.1 Å². The van der Waals surface area contributed by atoms with Crippen LogP contribution in [0.15, 0.2) is 22.8 Å². The lowest BCUT2D eigenvalue weighted by molar-refractivity contribution is -0.144. The molecule has 1 fully saturated rings. The van der Waals surface area contributed by atoms with Crippen LogP contribution in [0, 0.1) is 0 Å². The van der Waals surface area contributed by atoms with Gasteiger partial charge in [-0.25, -0.2) is 0 Å². The zero-order valence-corrected chi connectivity index (χ0v) is 18.3. The summed E-state index contributed by atoms with van der Waals surface area (Å²) in [5.74, 6) is 0.0937. The Morgan fingerprint density at radius 3 is 2.67 bits per heavy atom. The van der Waals surface area contributed by atoms with Crippen molar-refractivity contribution in [1.29, 1.82) is 0 Å². The van der Waals surface area contributed by atoms with Crippen molar-refractivity contribution in [3.63, 3.8) is 0 Å². The van der Waals surface area contributed by atoms with E-state index in [1.54, 1.807) is 22.1 Å². The second kappa shape index (κ2) is 12.4. The highest BCUT2D eigenvalue weighted by Gasteiger charge is 2.28. The molecule has 0 bridgehead atoms. The van der Waals surface area contributed by atoms with Crippen LogP contribution >= 0.6 is 0 Å². The monoisotopic (exact) mass is 422 g/mol. The molecule has 30 heavy (non-hydrogen) atoms. The Morgan fingerprint density at radius 1 is 1.27 bits per heavy atom. The van der Waals surface area contributed by atoms with Crippen LogP contribution in [0.5, 0.6) is 0 Å². The maximum atomic E-state index is 13.2. The predicted molar refractivity (Wildman–Crippen MR) is 110 cm³/mol. The Morgan fingerprint density at radius 2 is 2.07 bits per heavy atom. The first-order valence-electron chi connectivity index (χ1n) is 10.7. The van der Waals surface area contributed by atoms with Gasteiger partial charge < -0.3 is 23.7 Å². The lowest BCUT2D eigenvalue weighted by atomic mass is 10.1. The number of rotatable bonds is 12. The second-order valence-electron chi connectivity index (χ2n) is 7.70. The van der Waals surface area contributed by atoms with E-state index in [2.05, 4.69) is 4.74 Å². The van der Waals surface area contributed by atoms with Crippen LogP contribution in [-0.4, -0.2) is 66.5 Å². The van der Waals surface area contributed by atoms with E-state index in [4.69, 9.17) is 9.15 Å². The molecule has 0 spiro atoms. The van der Waals surface area contributed by atoms with Gasteiger partial charge in [0, 0.05) is 32.0 Å². The molecule has 1 aliphatic heterocycles. The smallest absolute Gasteiger partial charge is 0.305 e. The summed E-state index contributed by atoms with van der Waals surface area (Å²) in [6.07, 6.45) is 5.04. The molecule has 0 N–H and O–H groups in total. The van der Waals surface area contributed by atoms with Gasteiger partial charge in [-0.15, -0.1) is 0 Å². The average Bonchev–Trinajstić information content (AvgIpc) is 3.44. The van der Waals surface area contributed by atoms with Gasteiger partial charge in [-0.3, -0.25) is 14.4 Å². The maximum absolute atomic E-state index is 13.2. The number of carbonyl (C=O) groups is 3. The van der Waals surface area contributed by atoms with Gasteiger partial charge in [0.15, 0.2) is 0 Å². The average molecular weight is 423 g/mol. The van der Waals surface area contributed by atoms with Crippen LogP contribution in [-0.2, 0) is 30.4 Å². The Kier molecular flexibility index (Phi) is 9.86. The number of nitrogens with zero attached hydrogens (tertiary/aromatic N) is 2. The van der Waals surface area contributed by atoms with Crippen LogP contribution in [0.2, 0.25) is 0 Å². The molecule has 1 aliphatic rings. The highest BCUT2D eigenvalue weighted by atomic mass is 16.5. The first-order valence-corrected chi connectivity index (χ1v) is 10.7. The third kappa shape index (κ3) is 7.48. The molecule has 0 radical (unpaired) electrons. The van der Waals surface area contributed by atoms with Crippen LogP contribution < -0.4 is 0 Å². The van der Waals surface area contributed by atoms with Crippen molar-refractivity contribution >= 4 is 17.8 Å². The van der Waals surface area contributed by atoms with E-state index in [0.29, 0.717) is 31.9 Å². The zero-order valence-electron chi connectivity index (χ0n) is 18.3. The Balaban J connectivity index is 2.02. The molecule has 0 aromatic carbocycles. The molecule has 0 saturated carbocycles. The number of ether oxygens (including phenoxy) is 2. The summed E-state index contributed by atoms with van der Waals surface area (Å²) in [5, 5.41) is 0. The van der Waals surface area contributed by atoms with E-state index in [1.165, 1.54) is 7.11 Å². The quantitative estimate of drug-likeness (QED) is 0.481. The van der Waals surface area contributed by atoms with E-state index in [1.807, 2.05) is 19.9 Å².